The van der Waals surface area contributed by atoms with E-state index < -0.39 is 29.6 Å². The van der Waals surface area contributed by atoms with Crippen molar-refractivity contribution in [3.05, 3.63) is 91.1 Å². The third kappa shape index (κ3) is 5.75. The number of carbonyl (C=O) groups excluding carboxylic acids is 2. The molecule has 3 aromatic carbocycles. The van der Waals surface area contributed by atoms with Crippen molar-refractivity contribution in [2.75, 3.05) is 6.61 Å². The fraction of sp³-hybridized carbons (Fsp3) is 0.267. The van der Waals surface area contributed by atoms with E-state index in [0.29, 0.717) is 33.7 Å². The van der Waals surface area contributed by atoms with Crippen LogP contribution in [0.15, 0.2) is 60.8 Å². The van der Waals surface area contributed by atoms with Crippen molar-refractivity contribution >= 4 is 68.6 Å². The maximum absolute atomic E-state index is 13.3. The smallest absolute Gasteiger partial charge is 0.324 e. The average Bonchev–Trinajstić information content (AvgIpc) is 3.30. The lowest BCUT2D eigenvalue weighted by atomic mass is 9.80. The Morgan fingerprint density at radius 2 is 1.75 bits per heavy atom. The molecule has 4 aromatic rings. The predicted molar refractivity (Wildman–Crippen MR) is 161 cm³/mol. The van der Waals surface area contributed by atoms with Gasteiger partial charge in [0.1, 0.15) is 6.61 Å². The number of H-pyrrole nitrogens is 1. The zero-order valence-electron chi connectivity index (χ0n) is 21.9. The molecule has 40 heavy (non-hydrogen) atoms. The molecule has 7 nitrogen and oxygen atoms in total. The highest BCUT2D eigenvalue weighted by atomic mass is 127. The number of nitrogens with one attached hydrogen (secondary N) is 1. The fourth-order valence-corrected chi connectivity index (χ4v) is 6.11. The van der Waals surface area contributed by atoms with Gasteiger partial charge < -0.3 is 23.9 Å². The Hall–Kier alpha value is -2.95. The van der Waals surface area contributed by atoms with Crippen LogP contribution in [0.3, 0.4) is 0 Å². The summed E-state index contributed by atoms with van der Waals surface area (Å²) in [4.78, 5) is 29.9. The maximum Gasteiger partial charge on any atom is 0.324 e. The number of aromatic nitrogens is 1. The summed E-state index contributed by atoms with van der Waals surface area (Å²) in [5.41, 5.74) is 3.07. The molecule has 1 aliphatic rings. The van der Waals surface area contributed by atoms with E-state index in [9.17, 15) is 9.59 Å². The van der Waals surface area contributed by atoms with Crippen LogP contribution < -0.4 is 9.47 Å². The first-order valence-electron chi connectivity index (χ1n) is 12.6. The number of halogens is 3. The maximum atomic E-state index is 13.3. The topological polar surface area (TPSA) is 86.9 Å². The van der Waals surface area contributed by atoms with Crippen LogP contribution in [0.4, 0.5) is 0 Å². The van der Waals surface area contributed by atoms with E-state index >= 15 is 0 Å². The zero-order valence-corrected chi connectivity index (χ0v) is 25.6. The number of aromatic amines is 1. The largest absolute Gasteiger partial charge is 0.490 e. The summed E-state index contributed by atoms with van der Waals surface area (Å²) in [6, 6.07) is 16.6. The fourth-order valence-electron chi connectivity index (χ4n) is 4.86. The van der Waals surface area contributed by atoms with Gasteiger partial charge in [0.2, 0.25) is 0 Å². The van der Waals surface area contributed by atoms with E-state index in [-0.39, 0.29) is 6.61 Å². The molecule has 1 aromatic heterocycles. The van der Waals surface area contributed by atoms with Crippen LogP contribution in [-0.4, -0.2) is 29.3 Å². The number of hydrogen-bond acceptors (Lipinski definition) is 6. The molecular weight excluding hydrogens is 668 g/mol. The number of esters is 2. The van der Waals surface area contributed by atoms with Crippen molar-refractivity contribution in [1.29, 1.82) is 0 Å². The van der Waals surface area contributed by atoms with Crippen LogP contribution in [0, 0.1) is 9.49 Å². The Kier molecular flexibility index (Phi) is 8.22. The van der Waals surface area contributed by atoms with E-state index in [4.69, 9.17) is 42.1 Å². The highest BCUT2D eigenvalue weighted by Crippen LogP contribution is 2.45. The number of benzene rings is 3. The van der Waals surface area contributed by atoms with Crippen molar-refractivity contribution in [2.45, 2.75) is 39.1 Å². The summed E-state index contributed by atoms with van der Waals surface area (Å²) in [5, 5.41) is 1.91. The second-order valence-corrected chi connectivity index (χ2v) is 11.8. The number of carbonyl (C=O) groups is 2. The summed E-state index contributed by atoms with van der Waals surface area (Å²) < 4.78 is 24.0. The lowest BCUT2D eigenvalue weighted by Gasteiger charge is -2.36. The van der Waals surface area contributed by atoms with E-state index in [2.05, 4.69) is 27.6 Å². The molecule has 0 bridgehead atoms. The van der Waals surface area contributed by atoms with Gasteiger partial charge in [-0.15, -0.1) is 0 Å². The van der Waals surface area contributed by atoms with E-state index in [1.807, 2.05) is 43.5 Å². The molecule has 0 unspecified atom stereocenters. The minimum Gasteiger partial charge on any atom is -0.490 e. The lowest BCUT2D eigenvalue weighted by molar-refractivity contribution is -0.240. The normalized spacial score (nSPS) is 15.9. The molecule has 1 aliphatic heterocycles. The number of cyclic esters (lactones) is 2. The van der Waals surface area contributed by atoms with Crippen molar-refractivity contribution in [3.63, 3.8) is 0 Å². The molecule has 0 radical (unpaired) electrons. The summed E-state index contributed by atoms with van der Waals surface area (Å²) >= 11 is 14.6. The van der Waals surface area contributed by atoms with Crippen molar-refractivity contribution in [1.82, 2.24) is 4.98 Å². The van der Waals surface area contributed by atoms with Gasteiger partial charge in [-0.2, -0.15) is 0 Å². The Bertz CT molecular complexity index is 1580. The number of fused-ring (bicyclic) bond motifs is 1. The first-order valence-corrected chi connectivity index (χ1v) is 14.5. The molecule has 2 heterocycles. The minimum absolute atomic E-state index is 0.188. The molecular formula is C30H26Cl2INO6. The minimum atomic E-state index is -1.35. The summed E-state index contributed by atoms with van der Waals surface area (Å²) in [7, 11) is 0. The molecule has 0 saturated carbocycles. The van der Waals surface area contributed by atoms with E-state index in [0.717, 1.165) is 25.6 Å². The first-order chi connectivity index (χ1) is 19.1. The van der Waals surface area contributed by atoms with Gasteiger partial charge in [0, 0.05) is 52.5 Å². The Morgan fingerprint density at radius 3 is 2.45 bits per heavy atom. The molecule has 0 spiro atoms. The summed E-state index contributed by atoms with van der Waals surface area (Å²) in [5.74, 6) is -3.61. The number of rotatable bonds is 8. The predicted octanol–water partition coefficient (Wildman–Crippen LogP) is 7.64. The van der Waals surface area contributed by atoms with Crippen molar-refractivity contribution < 1.29 is 28.5 Å². The molecule has 5 rings (SSSR count). The zero-order chi connectivity index (χ0) is 28.6. The summed E-state index contributed by atoms with van der Waals surface area (Å²) in [6.07, 6.45) is 1.82. The Labute approximate surface area is 255 Å². The number of hydrogen-bond donors (Lipinski definition) is 1. The second-order valence-electron chi connectivity index (χ2n) is 9.77. The highest BCUT2D eigenvalue weighted by molar-refractivity contribution is 14.1. The van der Waals surface area contributed by atoms with Crippen molar-refractivity contribution in [3.8, 4) is 11.5 Å². The standard InChI is InChI=1S/C30H26Cl2INO6/c1-4-37-24-12-17(11-22(33)27(24)38-15-16-9-10-18(31)13-21(16)32)25(20-14-34-23-8-6-5-7-19(20)23)26-28(35)39-30(2,3)40-29(26)36/h5-14,25-26,34H,4,15H2,1-3H3/t25-/m1/s1. The molecule has 0 amide bonds. The van der Waals surface area contributed by atoms with Crippen LogP contribution in [0.5, 0.6) is 11.5 Å². The first kappa shape index (κ1) is 28.6. The van der Waals surface area contributed by atoms with Gasteiger partial charge in [0.15, 0.2) is 17.4 Å². The third-order valence-corrected chi connectivity index (χ3v) is 7.96. The number of ether oxygens (including phenoxy) is 4. The van der Waals surface area contributed by atoms with Crippen LogP contribution in [0.1, 0.15) is 43.4 Å². The second kappa shape index (κ2) is 11.5. The SMILES string of the molecule is CCOc1cc([C@H](c2c[nH]c3ccccc23)C2C(=O)OC(C)(C)OC2=O)cc(I)c1OCc1ccc(Cl)cc1Cl. The van der Waals surface area contributed by atoms with Gasteiger partial charge in [-0.1, -0.05) is 47.5 Å². The third-order valence-electron chi connectivity index (χ3n) is 6.57. The Morgan fingerprint density at radius 1 is 1.02 bits per heavy atom. The quantitative estimate of drug-likeness (QED) is 0.116. The van der Waals surface area contributed by atoms with Gasteiger partial charge in [-0.25, -0.2) is 0 Å². The van der Waals surface area contributed by atoms with Gasteiger partial charge in [0.05, 0.1) is 10.2 Å². The lowest BCUT2D eigenvalue weighted by Crippen LogP contribution is -2.48. The molecule has 1 fully saturated rings. The Balaban J connectivity index is 1.60. The molecule has 208 valence electrons. The molecule has 1 saturated heterocycles. The molecule has 1 N–H and O–H groups in total. The molecule has 1 atom stereocenters. The summed E-state index contributed by atoms with van der Waals surface area (Å²) in [6.45, 7) is 5.50. The van der Waals surface area contributed by atoms with Crippen molar-refractivity contribution in [2.24, 2.45) is 5.92 Å². The van der Waals surface area contributed by atoms with Gasteiger partial charge >= 0.3 is 11.9 Å². The molecule has 0 aliphatic carbocycles. The van der Waals surface area contributed by atoms with Crippen LogP contribution in [-0.2, 0) is 25.7 Å². The van der Waals surface area contributed by atoms with E-state index in [1.54, 1.807) is 24.3 Å². The van der Waals surface area contributed by atoms with Crippen LogP contribution >= 0.6 is 45.8 Å². The average molecular weight is 694 g/mol. The van der Waals surface area contributed by atoms with E-state index in [1.165, 1.54) is 13.8 Å². The molecule has 10 heteroatoms. The monoisotopic (exact) mass is 693 g/mol. The highest BCUT2D eigenvalue weighted by Gasteiger charge is 2.49. The van der Waals surface area contributed by atoms with Crippen LogP contribution in [0.25, 0.3) is 10.9 Å². The van der Waals surface area contributed by atoms with Crippen LogP contribution in [0.2, 0.25) is 10.0 Å². The van der Waals surface area contributed by atoms with Gasteiger partial charge in [0.25, 0.3) is 5.79 Å². The van der Waals surface area contributed by atoms with Gasteiger partial charge in [-0.05, 0) is 71.0 Å². The van der Waals surface area contributed by atoms with Gasteiger partial charge in [-0.3, -0.25) is 9.59 Å². The number of para-hydroxylation sites is 1.